The molecular formula is C25H26N3+. The number of anilines is 2. The monoisotopic (exact) mass is 368 g/mol. The molecule has 0 amide bonds. The Kier molecular flexibility index (Phi) is 4.52. The SMILES string of the molecule is C=CC[n+]1c(-c2ccc(C(C)C)cc2)c2cc(N)ccc2c2ccc(N)cc21. The fourth-order valence-corrected chi connectivity index (χ4v) is 3.91. The lowest BCUT2D eigenvalue weighted by Crippen LogP contribution is -2.37. The molecular weight excluding hydrogens is 342 g/mol. The van der Waals surface area contributed by atoms with Crippen LogP contribution in [0.1, 0.15) is 25.3 Å². The molecule has 0 spiro atoms. The van der Waals surface area contributed by atoms with Gasteiger partial charge < -0.3 is 11.5 Å². The van der Waals surface area contributed by atoms with Crippen LogP contribution in [0.2, 0.25) is 0 Å². The first-order valence-corrected chi connectivity index (χ1v) is 9.65. The van der Waals surface area contributed by atoms with E-state index in [1.54, 1.807) is 0 Å². The highest BCUT2D eigenvalue weighted by molar-refractivity contribution is 6.10. The van der Waals surface area contributed by atoms with Crippen LogP contribution in [0.25, 0.3) is 32.9 Å². The van der Waals surface area contributed by atoms with Crippen molar-refractivity contribution >= 4 is 33.1 Å². The van der Waals surface area contributed by atoms with Crippen LogP contribution in [-0.2, 0) is 6.54 Å². The van der Waals surface area contributed by atoms with E-state index in [4.69, 9.17) is 11.5 Å². The molecule has 0 atom stereocenters. The Morgan fingerprint density at radius 3 is 2.14 bits per heavy atom. The molecule has 28 heavy (non-hydrogen) atoms. The molecule has 1 heterocycles. The minimum absolute atomic E-state index is 0.498. The predicted molar refractivity (Wildman–Crippen MR) is 120 cm³/mol. The third-order valence-electron chi connectivity index (χ3n) is 5.33. The molecule has 4 N–H and O–H groups in total. The van der Waals surface area contributed by atoms with Crippen LogP contribution in [0, 0.1) is 0 Å². The highest BCUT2D eigenvalue weighted by Crippen LogP contribution is 2.33. The molecule has 0 radical (unpaired) electrons. The Labute approximate surface area is 165 Å². The molecule has 0 bridgehead atoms. The van der Waals surface area contributed by atoms with Crippen molar-refractivity contribution in [2.75, 3.05) is 11.5 Å². The van der Waals surface area contributed by atoms with E-state index in [2.05, 4.69) is 67.5 Å². The molecule has 0 aliphatic heterocycles. The second-order valence-corrected chi connectivity index (χ2v) is 7.61. The van der Waals surface area contributed by atoms with Gasteiger partial charge in [0.25, 0.3) is 0 Å². The van der Waals surface area contributed by atoms with E-state index in [1.165, 1.54) is 10.9 Å². The van der Waals surface area contributed by atoms with Crippen molar-refractivity contribution < 1.29 is 4.57 Å². The molecule has 4 rings (SSSR count). The molecule has 0 aliphatic rings. The number of benzene rings is 3. The third-order valence-corrected chi connectivity index (χ3v) is 5.33. The van der Waals surface area contributed by atoms with Crippen LogP contribution in [0.15, 0.2) is 73.3 Å². The smallest absolute Gasteiger partial charge is 0.221 e. The van der Waals surface area contributed by atoms with Gasteiger partial charge in [0.15, 0.2) is 6.54 Å². The van der Waals surface area contributed by atoms with Crippen LogP contribution < -0.4 is 16.0 Å². The van der Waals surface area contributed by atoms with E-state index < -0.39 is 0 Å². The first-order chi connectivity index (χ1) is 13.5. The fourth-order valence-electron chi connectivity index (χ4n) is 3.91. The summed E-state index contributed by atoms with van der Waals surface area (Å²) >= 11 is 0. The molecule has 3 aromatic carbocycles. The highest BCUT2D eigenvalue weighted by Gasteiger charge is 2.23. The molecule has 0 saturated carbocycles. The van der Waals surface area contributed by atoms with Gasteiger partial charge in [-0.25, -0.2) is 0 Å². The number of aromatic nitrogens is 1. The molecule has 140 valence electrons. The zero-order chi connectivity index (χ0) is 19.8. The van der Waals surface area contributed by atoms with Gasteiger partial charge in [0.2, 0.25) is 11.2 Å². The summed E-state index contributed by atoms with van der Waals surface area (Å²) in [5.74, 6) is 0.498. The Hall–Kier alpha value is -3.33. The second kappa shape index (κ2) is 7.01. The van der Waals surface area contributed by atoms with E-state index in [1.807, 2.05) is 24.3 Å². The van der Waals surface area contributed by atoms with E-state index in [0.29, 0.717) is 12.5 Å². The van der Waals surface area contributed by atoms with E-state index in [0.717, 1.165) is 38.9 Å². The molecule has 0 fully saturated rings. The number of pyridine rings is 1. The third kappa shape index (κ3) is 2.99. The maximum absolute atomic E-state index is 6.18. The topological polar surface area (TPSA) is 55.9 Å². The maximum Gasteiger partial charge on any atom is 0.221 e. The van der Waals surface area contributed by atoms with Gasteiger partial charge in [-0.15, -0.1) is 0 Å². The van der Waals surface area contributed by atoms with Crippen molar-refractivity contribution in [1.29, 1.82) is 0 Å². The summed E-state index contributed by atoms with van der Waals surface area (Å²) in [4.78, 5) is 0. The molecule has 0 saturated heterocycles. The fraction of sp³-hybridized carbons (Fsp3) is 0.160. The van der Waals surface area contributed by atoms with Gasteiger partial charge in [-0.2, -0.15) is 4.57 Å². The van der Waals surface area contributed by atoms with Crippen molar-refractivity contribution in [3.05, 3.63) is 78.9 Å². The van der Waals surface area contributed by atoms with Crippen molar-refractivity contribution in [3.63, 3.8) is 0 Å². The van der Waals surface area contributed by atoms with Crippen LogP contribution in [0.3, 0.4) is 0 Å². The first kappa shape index (κ1) is 18.1. The number of rotatable bonds is 4. The molecule has 3 heteroatoms. The van der Waals surface area contributed by atoms with Crippen LogP contribution in [0.5, 0.6) is 0 Å². The van der Waals surface area contributed by atoms with Crippen molar-refractivity contribution in [2.45, 2.75) is 26.3 Å². The first-order valence-electron chi connectivity index (χ1n) is 9.65. The van der Waals surface area contributed by atoms with Gasteiger partial charge in [-0.1, -0.05) is 38.6 Å². The Morgan fingerprint density at radius 2 is 1.50 bits per heavy atom. The zero-order valence-corrected chi connectivity index (χ0v) is 16.4. The summed E-state index contributed by atoms with van der Waals surface area (Å²) in [7, 11) is 0. The average molecular weight is 369 g/mol. The molecule has 3 nitrogen and oxygen atoms in total. The van der Waals surface area contributed by atoms with Crippen LogP contribution >= 0.6 is 0 Å². The summed E-state index contributed by atoms with van der Waals surface area (Å²) in [6.07, 6.45) is 1.92. The Balaban J connectivity index is 2.15. The van der Waals surface area contributed by atoms with Crippen molar-refractivity contribution in [2.24, 2.45) is 0 Å². The van der Waals surface area contributed by atoms with Gasteiger partial charge in [0.1, 0.15) is 0 Å². The van der Waals surface area contributed by atoms with Crippen molar-refractivity contribution in [1.82, 2.24) is 0 Å². The number of hydrogen-bond donors (Lipinski definition) is 2. The number of fused-ring (bicyclic) bond motifs is 3. The average Bonchev–Trinajstić information content (AvgIpc) is 2.68. The summed E-state index contributed by atoms with van der Waals surface area (Å²) in [6, 6.07) is 21.0. The number of nitrogens with zero attached hydrogens (tertiary/aromatic N) is 1. The lowest BCUT2D eigenvalue weighted by Gasteiger charge is -2.13. The second-order valence-electron chi connectivity index (χ2n) is 7.61. The van der Waals surface area contributed by atoms with Crippen molar-refractivity contribution in [3.8, 4) is 11.3 Å². The van der Waals surface area contributed by atoms with E-state index in [9.17, 15) is 0 Å². The van der Waals surface area contributed by atoms with Gasteiger partial charge in [0.05, 0.1) is 10.8 Å². The standard InChI is InChI=1S/C25H25N3/c1-4-13-28-24-15-20(27)10-12-22(24)21-11-9-19(26)14-23(21)25(28)18-7-5-17(6-8-18)16(2)3/h4-12,14-16,27H,1,13,26H2,2-3H3/p+1. The van der Waals surface area contributed by atoms with Crippen LogP contribution in [0.4, 0.5) is 11.4 Å². The quantitative estimate of drug-likeness (QED) is 0.219. The minimum atomic E-state index is 0.498. The summed E-state index contributed by atoms with van der Waals surface area (Å²) in [6.45, 7) is 9.08. The number of hydrogen-bond acceptors (Lipinski definition) is 2. The van der Waals surface area contributed by atoms with Gasteiger partial charge in [-0.3, -0.25) is 0 Å². The number of nitrogen functional groups attached to an aromatic ring is 2. The summed E-state index contributed by atoms with van der Waals surface area (Å²) in [5.41, 5.74) is 18.5. The predicted octanol–water partition coefficient (Wildman–Crippen LogP) is 5.42. The zero-order valence-electron chi connectivity index (χ0n) is 16.4. The molecule has 1 aromatic heterocycles. The number of allylic oxidation sites excluding steroid dienone is 1. The maximum atomic E-state index is 6.18. The lowest BCUT2D eigenvalue weighted by atomic mass is 9.96. The summed E-state index contributed by atoms with van der Waals surface area (Å²) < 4.78 is 2.28. The minimum Gasteiger partial charge on any atom is -0.399 e. The largest absolute Gasteiger partial charge is 0.399 e. The van der Waals surface area contributed by atoms with Crippen LogP contribution in [-0.4, -0.2) is 0 Å². The Morgan fingerprint density at radius 1 is 0.857 bits per heavy atom. The molecule has 0 unspecified atom stereocenters. The Bertz CT molecular complexity index is 1190. The van der Waals surface area contributed by atoms with Gasteiger partial charge in [0, 0.05) is 28.4 Å². The van der Waals surface area contributed by atoms with Gasteiger partial charge >= 0.3 is 0 Å². The normalized spacial score (nSPS) is 11.4. The van der Waals surface area contributed by atoms with E-state index in [-0.39, 0.29) is 0 Å². The summed E-state index contributed by atoms with van der Waals surface area (Å²) in [5, 5.41) is 3.47. The highest BCUT2D eigenvalue weighted by atomic mass is 15.0. The lowest BCUT2D eigenvalue weighted by molar-refractivity contribution is -0.648. The van der Waals surface area contributed by atoms with Gasteiger partial charge in [-0.05, 0) is 54.0 Å². The molecule has 4 aromatic rings. The molecule has 0 aliphatic carbocycles. The van der Waals surface area contributed by atoms with E-state index >= 15 is 0 Å². The number of nitrogens with two attached hydrogens (primary N) is 2.